The Kier molecular flexibility index (Phi) is 4.76. The van der Waals surface area contributed by atoms with Crippen LogP contribution in [0.1, 0.15) is 16.7 Å². The van der Waals surface area contributed by atoms with Crippen molar-refractivity contribution in [3.63, 3.8) is 0 Å². The summed E-state index contributed by atoms with van der Waals surface area (Å²) in [5.41, 5.74) is 3.32. The average molecular weight is 408 g/mol. The van der Waals surface area contributed by atoms with E-state index in [0.29, 0.717) is 23.7 Å². The average Bonchev–Trinajstić information content (AvgIpc) is 2.99. The van der Waals surface area contributed by atoms with E-state index in [-0.39, 0.29) is 10.6 Å². The van der Waals surface area contributed by atoms with Gasteiger partial charge in [-0.3, -0.25) is 0 Å². The summed E-state index contributed by atoms with van der Waals surface area (Å²) >= 11 is 0. The van der Waals surface area contributed by atoms with Crippen LogP contribution in [0.2, 0.25) is 0 Å². The number of hydrogen-bond donors (Lipinski definition) is 1. The summed E-state index contributed by atoms with van der Waals surface area (Å²) in [5, 5.41) is 9.89. The largest absolute Gasteiger partial charge is 0.504 e. The van der Waals surface area contributed by atoms with Crippen molar-refractivity contribution in [1.29, 1.82) is 0 Å². The zero-order chi connectivity index (χ0) is 20.6. The molecule has 3 aromatic carbocycles. The fraction of sp³-hybridized carbons (Fsp3) is 0.136. The molecule has 1 aliphatic rings. The van der Waals surface area contributed by atoms with E-state index in [1.165, 1.54) is 7.11 Å². The smallest absolute Gasteiger partial charge is 0.285 e. The Bertz CT molecular complexity index is 1200. The van der Waals surface area contributed by atoms with Gasteiger partial charge in [0.2, 0.25) is 0 Å². The summed E-state index contributed by atoms with van der Waals surface area (Å²) in [6.45, 7) is 2.34. The van der Waals surface area contributed by atoms with Crippen molar-refractivity contribution >= 4 is 21.5 Å². The molecule has 29 heavy (non-hydrogen) atoms. The number of phenolic OH excluding ortho intramolecular Hbond substituents is 1. The summed E-state index contributed by atoms with van der Waals surface area (Å²) in [6, 6.07) is 19.7. The Morgan fingerprint density at radius 2 is 1.76 bits per heavy atom. The molecule has 0 atom stereocenters. The van der Waals surface area contributed by atoms with Crippen LogP contribution < -0.4 is 9.64 Å². The van der Waals surface area contributed by atoms with Crippen LogP contribution in [0.25, 0.3) is 0 Å². The van der Waals surface area contributed by atoms with Gasteiger partial charge < -0.3 is 14.7 Å². The topological polar surface area (TPSA) is 79.2 Å². The van der Waals surface area contributed by atoms with E-state index in [4.69, 9.17) is 4.74 Å². The van der Waals surface area contributed by atoms with Gasteiger partial charge in [0, 0.05) is 17.8 Å². The third-order valence-corrected chi connectivity index (χ3v) is 6.12. The number of rotatable bonds is 4. The maximum absolute atomic E-state index is 12.6. The van der Waals surface area contributed by atoms with Crippen molar-refractivity contribution in [3.8, 4) is 11.5 Å². The Morgan fingerprint density at radius 1 is 1.03 bits per heavy atom. The molecule has 3 aromatic rings. The lowest BCUT2D eigenvalue weighted by Crippen LogP contribution is -2.30. The summed E-state index contributed by atoms with van der Waals surface area (Å²) in [6.07, 6.45) is 0. The zero-order valence-electron chi connectivity index (χ0n) is 16.0. The van der Waals surface area contributed by atoms with Crippen LogP contribution in [0.3, 0.4) is 0 Å². The maximum Gasteiger partial charge on any atom is 0.285 e. The minimum absolute atomic E-state index is 0.0456. The quantitative estimate of drug-likeness (QED) is 0.709. The lowest BCUT2D eigenvalue weighted by Gasteiger charge is -2.25. The van der Waals surface area contributed by atoms with E-state index >= 15 is 0 Å². The first-order valence-corrected chi connectivity index (χ1v) is 10.5. The molecular formula is C22H20N2O4S. The summed E-state index contributed by atoms with van der Waals surface area (Å²) in [7, 11) is -2.26. The van der Waals surface area contributed by atoms with Gasteiger partial charge in [0.15, 0.2) is 17.3 Å². The molecule has 4 rings (SSSR count). The lowest BCUT2D eigenvalue weighted by molar-refractivity contribution is 0.373. The Hall–Kier alpha value is -3.32. The lowest BCUT2D eigenvalue weighted by atomic mass is 10.1. The second-order valence-corrected chi connectivity index (χ2v) is 8.39. The first kappa shape index (κ1) is 19.0. The van der Waals surface area contributed by atoms with Crippen LogP contribution in [0, 0.1) is 6.92 Å². The van der Waals surface area contributed by atoms with Crippen molar-refractivity contribution in [3.05, 3.63) is 83.4 Å². The number of nitrogens with zero attached hydrogens (tertiary/aromatic N) is 2. The number of aromatic hydroxyl groups is 1. The molecular weight excluding hydrogens is 388 g/mol. The van der Waals surface area contributed by atoms with Gasteiger partial charge in [0.25, 0.3) is 10.0 Å². The number of hydrogen-bond acceptors (Lipinski definition) is 5. The molecule has 0 bridgehead atoms. The van der Waals surface area contributed by atoms with E-state index in [9.17, 15) is 13.5 Å². The summed E-state index contributed by atoms with van der Waals surface area (Å²) in [5.74, 6) is 0.772. The molecule has 0 spiro atoms. The van der Waals surface area contributed by atoms with Crippen LogP contribution in [0.4, 0.5) is 5.69 Å². The fourth-order valence-corrected chi connectivity index (χ4v) is 4.51. The molecule has 148 valence electrons. The normalized spacial score (nSPS) is 14.2. The van der Waals surface area contributed by atoms with Gasteiger partial charge in [0.05, 0.1) is 7.11 Å². The van der Waals surface area contributed by atoms with Gasteiger partial charge in [-0.25, -0.2) is 0 Å². The molecule has 6 nitrogen and oxygen atoms in total. The first-order chi connectivity index (χ1) is 13.9. The zero-order valence-corrected chi connectivity index (χ0v) is 16.8. The van der Waals surface area contributed by atoms with Crippen molar-refractivity contribution in [2.75, 3.05) is 12.0 Å². The van der Waals surface area contributed by atoms with Crippen molar-refractivity contribution in [1.82, 2.24) is 0 Å². The van der Waals surface area contributed by atoms with E-state index in [0.717, 1.165) is 16.8 Å². The third kappa shape index (κ3) is 3.56. The molecule has 0 saturated heterocycles. The number of benzene rings is 3. The second kappa shape index (κ2) is 7.25. The molecule has 0 fully saturated rings. The second-order valence-electron chi connectivity index (χ2n) is 6.81. The minimum atomic E-state index is -3.75. The molecule has 7 heteroatoms. The van der Waals surface area contributed by atoms with Crippen LogP contribution in [-0.2, 0) is 16.6 Å². The molecule has 1 heterocycles. The number of amidine groups is 1. The van der Waals surface area contributed by atoms with Gasteiger partial charge in [-0.05, 0) is 48.9 Å². The molecule has 0 unspecified atom stereocenters. The van der Waals surface area contributed by atoms with Gasteiger partial charge in [0.1, 0.15) is 4.90 Å². The number of sulfonamides is 1. The van der Waals surface area contributed by atoms with E-state index in [1.54, 1.807) is 42.5 Å². The number of aryl methyl sites for hydroxylation is 1. The number of fused-ring (bicyclic) bond motifs is 1. The van der Waals surface area contributed by atoms with Crippen molar-refractivity contribution in [2.24, 2.45) is 4.40 Å². The molecule has 0 amide bonds. The monoisotopic (exact) mass is 408 g/mol. The van der Waals surface area contributed by atoms with Gasteiger partial charge in [-0.15, -0.1) is 4.40 Å². The predicted octanol–water partition coefficient (Wildman–Crippen LogP) is 3.86. The van der Waals surface area contributed by atoms with E-state index in [1.807, 2.05) is 36.1 Å². The third-order valence-electron chi connectivity index (χ3n) is 4.80. The van der Waals surface area contributed by atoms with E-state index in [2.05, 4.69) is 4.40 Å². The number of methoxy groups -OCH3 is 1. The molecule has 1 aliphatic heterocycles. The van der Waals surface area contributed by atoms with Crippen LogP contribution in [-0.4, -0.2) is 26.5 Å². The number of anilines is 1. The van der Waals surface area contributed by atoms with E-state index < -0.39 is 10.0 Å². The van der Waals surface area contributed by atoms with Crippen molar-refractivity contribution in [2.45, 2.75) is 18.4 Å². The van der Waals surface area contributed by atoms with Crippen LogP contribution in [0.15, 0.2) is 76.0 Å². The predicted molar refractivity (Wildman–Crippen MR) is 112 cm³/mol. The SMILES string of the molecule is COc1cc(CN(C2=NS(=O)(=O)c3ccccc32)c2ccc(C)cc2)ccc1O. The van der Waals surface area contributed by atoms with Gasteiger partial charge in [-0.2, -0.15) is 8.42 Å². The maximum atomic E-state index is 12.6. The highest BCUT2D eigenvalue weighted by Gasteiger charge is 2.32. The number of ether oxygens (including phenoxy) is 1. The Labute approximate surface area is 169 Å². The molecule has 1 N–H and O–H groups in total. The Balaban J connectivity index is 1.83. The molecule has 0 aromatic heterocycles. The van der Waals surface area contributed by atoms with Crippen LogP contribution >= 0.6 is 0 Å². The summed E-state index contributed by atoms with van der Waals surface area (Å²) in [4.78, 5) is 2.06. The highest BCUT2D eigenvalue weighted by atomic mass is 32.2. The Morgan fingerprint density at radius 3 is 2.48 bits per heavy atom. The first-order valence-electron chi connectivity index (χ1n) is 9.03. The van der Waals surface area contributed by atoms with Crippen LogP contribution in [0.5, 0.6) is 11.5 Å². The summed E-state index contributed by atoms with van der Waals surface area (Å²) < 4.78 is 34.5. The highest BCUT2D eigenvalue weighted by molar-refractivity contribution is 7.90. The molecule has 0 saturated carbocycles. The highest BCUT2D eigenvalue weighted by Crippen LogP contribution is 2.32. The number of phenols is 1. The fourth-order valence-electron chi connectivity index (χ4n) is 3.30. The minimum Gasteiger partial charge on any atom is -0.504 e. The van der Waals surface area contributed by atoms with Gasteiger partial charge >= 0.3 is 0 Å². The van der Waals surface area contributed by atoms with Gasteiger partial charge in [-0.1, -0.05) is 35.9 Å². The molecule has 0 radical (unpaired) electrons. The standard InChI is InChI=1S/C22H20N2O4S/c1-15-7-10-17(11-8-15)24(14-16-9-12-19(25)20(13-16)28-2)22-18-5-3-4-6-21(18)29(26,27)23-22/h3-13,25H,14H2,1-2H3. The molecule has 0 aliphatic carbocycles. The van der Waals surface area contributed by atoms with Crippen molar-refractivity contribution < 1.29 is 18.3 Å².